The molecule has 0 spiro atoms. The van der Waals surface area contributed by atoms with Crippen LogP contribution in [-0.4, -0.2) is 45.5 Å². The number of likely N-dealkylation sites (tertiary alicyclic amines) is 1. The summed E-state index contributed by atoms with van der Waals surface area (Å²) in [4.78, 5) is 37.9. The molecule has 0 saturated carbocycles. The van der Waals surface area contributed by atoms with Gasteiger partial charge in [0, 0.05) is 23.1 Å². The van der Waals surface area contributed by atoms with E-state index in [2.05, 4.69) is 21.8 Å². The van der Waals surface area contributed by atoms with Gasteiger partial charge in [0.25, 0.3) is 5.91 Å². The van der Waals surface area contributed by atoms with E-state index in [0.29, 0.717) is 11.3 Å². The first-order valence-electron chi connectivity index (χ1n) is 10.6. The summed E-state index contributed by atoms with van der Waals surface area (Å²) < 4.78 is 1.54. The van der Waals surface area contributed by atoms with Crippen molar-refractivity contribution in [3.8, 4) is 6.07 Å². The third kappa shape index (κ3) is 4.45. The SMILES string of the molecule is CC(=O)c1cccc(NC(=O)N2CC(CC#N)(n3cc(C(N)=O)c(Nc4ccccc4)n3)C2)c1. The van der Waals surface area contributed by atoms with Crippen molar-refractivity contribution in [2.24, 2.45) is 5.73 Å². The molecule has 1 aliphatic rings. The average molecular weight is 457 g/mol. The van der Waals surface area contributed by atoms with Crippen LogP contribution in [0.4, 0.5) is 22.0 Å². The van der Waals surface area contributed by atoms with Gasteiger partial charge in [0.05, 0.1) is 25.6 Å². The number of nitrogens with two attached hydrogens (primary N) is 1. The maximum Gasteiger partial charge on any atom is 0.322 e. The first-order valence-corrected chi connectivity index (χ1v) is 10.6. The fourth-order valence-electron chi connectivity index (χ4n) is 3.86. The molecule has 3 amide bonds. The number of carbonyl (C=O) groups excluding carboxylic acids is 3. The third-order valence-corrected chi connectivity index (χ3v) is 5.69. The summed E-state index contributed by atoms with van der Waals surface area (Å²) in [5.74, 6) is -0.479. The molecule has 2 aromatic carbocycles. The number of aromatic nitrogens is 2. The fraction of sp³-hybridized carbons (Fsp3) is 0.208. The van der Waals surface area contributed by atoms with E-state index in [1.165, 1.54) is 18.0 Å². The van der Waals surface area contributed by atoms with Gasteiger partial charge in [0.2, 0.25) is 0 Å². The second kappa shape index (κ2) is 9.07. The van der Waals surface area contributed by atoms with Crippen LogP contribution < -0.4 is 16.4 Å². The number of benzene rings is 2. The molecular formula is C24H23N7O3. The molecule has 0 aliphatic carbocycles. The lowest BCUT2D eigenvalue weighted by atomic mass is 9.87. The topological polar surface area (TPSA) is 146 Å². The smallest absolute Gasteiger partial charge is 0.322 e. The Hall–Kier alpha value is -4.65. The predicted octanol–water partition coefficient (Wildman–Crippen LogP) is 3.08. The van der Waals surface area contributed by atoms with E-state index in [-0.39, 0.29) is 42.7 Å². The first-order chi connectivity index (χ1) is 16.3. The third-order valence-electron chi connectivity index (χ3n) is 5.69. The number of urea groups is 1. The van der Waals surface area contributed by atoms with Gasteiger partial charge in [-0.2, -0.15) is 10.4 Å². The molecule has 34 heavy (non-hydrogen) atoms. The Kier molecular flexibility index (Phi) is 6.01. The van der Waals surface area contributed by atoms with E-state index in [1.54, 1.807) is 28.9 Å². The molecule has 1 aromatic heterocycles. The summed E-state index contributed by atoms with van der Waals surface area (Å²) >= 11 is 0. The van der Waals surface area contributed by atoms with Crippen LogP contribution in [0, 0.1) is 11.3 Å². The van der Waals surface area contributed by atoms with Gasteiger partial charge in [-0.1, -0.05) is 30.3 Å². The number of anilines is 3. The summed E-state index contributed by atoms with van der Waals surface area (Å²) in [5, 5.41) is 19.8. The van der Waals surface area contributed by atoms with Crippen LogP contribution in [0.1, 0.15) is 34.1 Å². The van der Waals surface area contributed by atoms with Gasteiger partial charge >= 0.3 is 6.03 Å². The molecule has 4 rings (SSSR count). The van der Waals surface area contributed by atoms with Gasteiger partial charge in [-0.3, -0.25) is 14.3 Å². The van der Waals surface area contributed by atoms with E-state index in [1.807, 2.05) is 30.3 Å². The molecule has 10 heteroatoms. The molecule has 0 bridgehead atoms. The van der Waals surface area contributed by atoms with Crippen molar-refractivity contribution in [1.82, 2.24) is 14.7 Å². The Balaban J connectivity index is 1.53. The minimum atomic E-state index is -0.797. The van der Waals surface area contributed by atoms with Crippen LogP contribution in [0.25, 0.3) is 0 Å². The standard InChI is InChI=1S/C24H23N7O3/c1-16(32)17-6-5-9-19(12-17)28-23(34)30-14-24(15-30,10-11-25)31-13-20(21(26)33)22(29-31)27-18-7-3-2-4-8-18/h2-9,12-13H,10,14-15H2,1H3,(H2,26,33)(H,27,29)(H,28,34). The monoisotopic (exact) mass is 457 g/mol. The molecule has 1 aliphatic heterocycles. The van der Waals surface area contributed by atoms with E-state index < -0.39 is 11.4 Å². The van der Waals surface area contributed by atoms with Crippen molar-refractivity contribution in [1.29, 1.82) is 5.26 Å². The molecule has 1 fully saturated rings. The van der Waals surface area contributed by atoms with Gasteiger partial charge < -0.3 is 21.3 Å². The summed E-state index contributed by atoms with van der Waals surface area (Å²) in [6, 6.07) is 17.7. The molecule has 0 radical (unpaired) electrons. The van der Waals surface area contributed by atoms with E-state index >= 15 is 0 Å². The average Bonchev–Trinajstić information content (AvgIpc) is 3.21. The number of hydrogen-bond acceptors (Lipinski definition) is 6. The quantitative estimate of drug-likeness (QED) is 0.465. The molecule has 2 heterocycles. The van der Waals surface area contributed by atoms with Crippen molar-refractivity contribution in [3.63, 3.8) is 0 Å². The zero-order valence-electron chi connectivity index (χ0n) is 18.5. The normalized spacial score (nSPS) is 13.9. The Bertz CT molecular complexity index is 1290. The number of Topliss-reactive ketones (excluding diaryl/α,β-unsaturated/α-hetero) is 1. The molecule has 0 unspecified atom stereocenters. The van der Waals surface area contributed by atoms with Gasteiger partial charge in [-0.15, -0.1) is 0 Å². The van der Waals surface area contributed by atoms with Crippen molar-refractivity contribution in [3.05, 3.63) is 71.9 Å². The Morgan fingerprint density at radius 2 is 1.82 bits per heavy atom. The van der Waals surface area contributed by atoms with Crippen LogP contribution >= 0.6 is 0 Å². The van der Waals surface area contributed by atoms with Crippen LogP contribution in [-0.2, 0) is 5.54 Å². The number of nitrogens with one attached hydrogen (secondary N) is 2. The summed E-state index contributed by atoms with van der Waals surface area (Å²) in [6.45, 7) is 1.88. The molecule has 4 N–H and O–H groups in total. The van der Waals surface area contributed by atoms with Crippen molar-refractivity contribution in [2.45, 2.75) is 18.9 Å². The van der Waals surface area contributed by atoms with Gasteiger partial charge in [-0.05, 0) is 31.2 Å². The zero-order valence-corrected chi connectivity index (χ0v) is 18.5. The lowest BCUT2D eigenvalue weighted by Gasteiger charge is -2.48. The van der Waals surface area contributed by atoms with Crippen molar-refractivity contribution < 1.29 is 14.4 Å². The second-order valence-electron chi connectivity index (χ2n) is 8.17. The summed E-state index contributed by atoms with van der Waals surface area (Å²) in [6.07, 6.45) is 1.60. The highest BCUT2D eigenvalue weighted by Gasteiger charge is 2.48. The van der Waals surface area contributed by atoms with Gasteiger partial charge in [0.15, 0.2) is 11.6 Å². The number of nitrogens with zero attached hydrogens (tertiary/aromatic N) is 4. The molecule has 0 atom stereocenters. The molecule has 10 nitrogen and oxygen atoms in total. The first kappa shape index (κ1) is 22.5. The minimum Gasteiger partial charge on any atom is -0.365 e. The Morgan fingerprint density at radius 3 is 2.47 bits per heavy atom. The Morgan fingerprint density at radius 1 is 1.12 bits per heavy atom. The highest BCUT2D eigenvalue weighted by atomic mass is 16.2. The zero-order chi connectivity index (χ0) is 24.3. The van der Waals surface area contributed by atoms with Crippen LogP contribution in [0.3, 0.4) is 0 Å². The second-order valence-corrected chi connectivity index (χ2v) is 8.17. The molecular weight excluding hydrogens is 434 g/mol. The van der Waals surface area contributed by atoms with Gasteiger partial charge in [0.1, 0.15) is 11.1 Å². The highest BCUT2D eigenvalue weighted by molar-refractivity contribution is 5.98. The maximum absolute atomic E-state index is 12.8. The molecule has 3 aromatic rings. The summed E-state index contributed by atoms with van der Waals surface area (Å²) in [5.41, 5.74) is 6.67. The molecule has 172 valence electrons. The number of rotatable bonds is 7. The number of hydrogen-bond donors (Lipinski definition) is 3. The Labute approximate surface area is 196 Å². The lowest BCUT2D eigenvalue weighted by molar-refractivity contribution is 0.0401. The summed E-state index contributed by atoms with van der Waals surface area (Å²) in [7, 11) is 0. The number of para-hydroxylation sites is 1. The van der Waals surface area contributed by atoms with Crippen molar-refractivity contribution >= 4 is 34.9 Å². The van der Waals surface area contributed by atoms with E-state index in [4.69, 9.17) is 5.73 Å². The van der Waals surface area contributed by atoms with E-state index in [9.17, 15) is 19.6 Å². The van der Waals surface area contributed by atoms with Crippen LogP contribution in [0.5, 0.6) is 0 Å². The van der Waals surface area contributed by atoms with Crippen LogP contribution in [0.15, 0.2) is 60.8 Å². The van der Waals surface area contributed by atoms with E-state index in [0.717, 1.165) is 5.69 Å². The minimum absolute atomic E-state index is 0.0846. The number of carbonyl (C=O) groups is 3. The largest absolute Gasteiger partial charge is 0.365 e. The van der Waals surface area contributed by atoms with Crippen molar-refractivity contribution in [2.75, 3.05) is 23.7 Å². The van der Waals surface area contributed by atoms with Gasteiger partial charge in [-0.25, -0.2) is 4.79 Å². The maximum atomic E-state index is 12.8. The predicted molar refractivity (Wildman–Crippen MR) is 126 cm³/mol. The number of primary amides is 1. The lowest BCUT2D eigenvalue weighted by Crippen LogP contribution is -2.65. The molecule has 1 saturated heterocycles. The number of amides is 3. The number of ketones is 1. The highest BCUT2D eigenvalue weighted by Crippen LogP contribution is 2.34. The van der Waals surface area contributed by atoms with Crippen LogP contribution in [0.2, 0.25) is 0 Å². The number of nitriles is 1. The fourth-order valence-corrected chi connectivity index (χ4v) is 3.86.